The number of aromatic nitrogens is 1. The molecule has 0 aliphatic carbocycles. The van der Waals surface area contributed by atoms with Gasteiger partial charge in [0.2, 0.25) is 5.91 Å². The van der Waals surface area contributed by atoms with Gasteiger partial charge in [-0.2, -0.15) is 5.26 Å². The number of rotatable bonds is 7. The van der Waals surface area contributed by atoms with Crippen LogP contribution >= 0.6 is 0 Å². The standard InChI is InChI=1S/C20H26N4O2/c1-14-8-6-9-19(15(14)2)24(11-7-10-21)20(25)13-23(5)12-18-16(3)22-26-17(18)4/h6,8-9H,7,11-13H2,1-5H3. The van der Waals surface area contributed by atoms with Crippen LogP contribution in [0.25, 0.3) is 0 Å². The zero-order valence-electron chi connectivity index (χ0n) is 16.2. The van der Waals surface area contributed by atoms with E-state index in [2.05, 4.69) is 11.2 Å². The van der Waals surface area contributed by atoms with Gasteiger partial charge in [-0.1, -0.05) is 17.3 Å². The number of nitrogens with zero attached hydrogens (tertiary/aromatic N) is 4. The quantitative estimate of drug-likeness (QED) is 0.763. The summed E-state index contributed by atoms with van der Waals surface area (Å²) in [6.45, 7) is 9.03. The van der Waals surface area contributed by atoms with Gasteiger partial charge in [-0.3, -0.25) is 9.69 Å². The van der Waals surface area contributed by atoms with Gasteiger partial charge in [0, 0.05) is 24.3 Å². The van der Waals surface area contributed by atoms with Gasteiger partial charge < -0.3 is 9.42 Å². The summed E-state index contributed by atoms with van der Waals surface area (Å²) in [5.74, 6) is 0.751. The highest BCUT2D eigenvalue weighted by molar-refractivity contribution is 5.95. The smallest absolute Gasteiger partial charge is 0.241 e. The molecule has 1 amide bonds. The first-order chi connectivity index (χ1) is 12.3. The Hall–Kier alpha value is -2.65. The van der Waals surface area contributed by atoms with Crippen molar-refractivity contribution in [3.8, 4) is 6.07 Å². The Morgan fingerprint density at radius 1 is 1.27 bits per heavy atom. The summed E-state index contributed by atoms with van der Waals surface area (Å²) in [5.41, 5.74) is 4.91. The molecule has 138 valence electrons. The van der Waals surface area contributed by atoms with Crippen LogP contribution in [0.3, 0.4) is 0 Å². The van der Waals surface area contributed by atoms with Gasteiger partial charge >= 0.3 is 0 Å². The summed E-state index contributed by atoms with van der Waals surface area (Å²) in [6, 6.07) is 8.04. The van der Waals surface area contributed by atoms with E-state index in [4.69, 9.17) is 9.78 Å². The van der Waals surface area contributed by atoms with Crippen molar-refractivity contribution < 1.29 is 9.32 Å². The Bertz CT molecular complexity index is 800. The summed E-state index contributed by atoms with van der Waals surface area (Å²) < 4.78 is 5.19. The van der Waals surface area contributed by atoms with E-state index in [1.165, 1.54) is 0 Å². The number of hydrogen-bond acceptors (Lipinski definition) is 5. The fourth-order valence-electron chi connectivity index (χ4n) is 2.94. The van der Waals surface area contributed by atoms with Crippen LogP contribution in [-0.4, -0.2) is 36.1 Å². The summed E-state index contributed by atoms with van der Waals surface area (Å²) in [4.78, 5) is 16.6. The van der Waals surface area contributed by atoms with Gasteiger partial charge in [-0.15, -0.1) is 0 Å². The Morgan fingerprint density at radius 3 is 2.62 bits per heavy atom. The van der Waals surface area contributed by atoms with Crippen molar-refractivity contribution in [3.63, 3.8) is 0 Å². The molecular formula is C20H26N4O2. The van der Waals surface area contributed by atoms with Gasteiger partial charge in [-0.25, -0.2) is 0 Å². The fraction of sp³-hybridized carbons (Fsp3) is 0.450. The van der Waals surface area contributed by atoms with E-state index < -0.39 is 0 Å². The van der Waals surface area contributed by atoms with Gasteiger partial charge in [0.05, 0.1) is 24.7 Å². The molecule has 0 aliphatic heterocycles. The third-order valence-electron chi connectivity index (χ3n) is 4.63. The second kappa shape index (κ2) is 8.63. The van der Waals surface area contributed by atoms with Gasteiger partial charge in [0.15, 0.2) is 0 Å². The molecule has 6 heteroatoms. The number of hydrogen-bond donors (Lipinski definition) is 0. The molecule has 0 unspecified atom stereocenters. The molecule has 2 rings (SSSR count). The highest BCUT2D eigenvalue weighted by atomic mass is 16.5. The van der Waals surface area contributed by atoms with Crippen molar-refractivity contribution in [2.24, 2.45) is 0 Å². The van der Waals surface area contributed by atoms with Crippen LogP contribution in [0.4, 0.5) is 5.69 Å². The molecule has 0 atom stereocenters. The number of benzene rings is 1. The first-order valence-electron chi connectivity index (χ1n) is 8.69. The topological polar surface area (TPSA) is 73.4 Å². The first-order valence-corrected chi connectivity index (χ1v) is 8.69. The lowest BCUT2D eigenvalue weighted by atomic mass is 10.1. The Kier molecular flexibility index (Phi) is 6.53. The van der Waals surface area contributed by atoms with E-state index >= 15 is 0 Å². The van der Waals surface area contributed by atoms with Crippen LogP contribution in [0, 0.1) is 39.0 Å². The minimum absolute atomic E-state index is 0.0248. The molecule has 0 aliphatic rings. The monoisotopic (exact) mass is 354 g/mol. The van der Waals surface area contributed by atoms with Crippen LogP contribution in [-0.2, 0) is 11.3 Å². The zero-order chi connectivity index (χ0) is 19.3. The third kappa shape index (κ3) is 4.50. The summed E-state index contributed by atoms with van der Waals surface area (Å²) in [5, 5.41) is 12.9. The average Bonchev–Trinajstić information content (AvgIpc) is 2.90. The van der Waals surface area contributed by atoms with Crippen LogP contribution in [0.5, 0.6) is 0 Å². The number of amides is 1. The highest BCUT2D eigenvalue weighted by Gasteiger charge is 2.20. The molecule has 2 aromatic rings. The number of nitriles is 1. The molecule has 6 nitrogen and oxygen atoms in total. The zero-order valence-corrected chi connectivity index (χ0v) is 16.2. The van der Waals surface area contributed by atoms with Crippen LogP contribution in [0.15, 0.2) is 22.7 Å². The van der Waals surface area contributed by atoms with Crippen LogP contribution in [0.1, 0.15) is 34.6 Å². The maximum absolute atomic E-state index is 13.0. The predicted molar refractivity (Wildman–Crippen MR) is 101 cm³/mol. The largest absolute Gasteiger partial charge is 0.361 e. The molecule has 0 saturated heterocycles. The SMILES string of the molecule is Cc1cccc(N(CCC#N)C(=O)CN(C)Cc2c(C)noc2C)c1C. The van der Waals surface area contributed by atoms with E-state index in [-0.39, 0.29) is 12.5 Å². The van der Waals surface area contributed by atoms with Crippen molar-refractivity contribution in [2.45, 2.75) is 40.7 Å². The van der Waals surface area contributed by atoms with Crippen molar-refractivity contribution in [1.82, 2.24) is 10.1 Å². The summed E-state index contributed by atoms with van der Waals surface area (Å²) in [6.07, 6.45) is 0.298. The van der Waals surface area contributed by atoms with E-state index in [0.717, 1.165) is 33.8 Å². The summed E-state index contributed by atoms with van der Waals surface area (Å²) >= 11 is 0. The molecule has 0 bridgehead atoms. The molecular weight excluding hydrogens is 328 g/mol. The number of carbonyl (C=O) groups is 1. The molecule has 0 N–H and O–H groups in total. The summed E-state index contributed by atoms with van der Waals surface area (Å²) in [7, 11) is 1.90. The van der Waals surface area contributed by atoms with Crippen molar-refractivity contribution in [3.05, 3.63) is 46.3 Å². The minimum Gasteiger partial charge on any atom is -0.361 e. The number of aryl methyl sites for hydroxylation is 3. The van der Waals surface area contributed by atoms with E-state index in [1.807, 2.05) is 57.8 Å². The lowest BCUT2D eigenvalue weighted by Crippen LogP contribution is -2.40. The molecule has 0 spiro atoms. The Balaban J connectivity index is 2.16. The normalized spacial score (nSPS) is 10.8. The van der Waals surface area contributed by atoms with Gasteiger partial charge in [0.25, 0.3) is 0 Å². The second-order valence-corrected chi connectivity index (χ2v) is 6.65. The number of likely N-dealkylation sites (N-methyl/N-ethyl adjacent to an activating group) is 1. The van der Waals surface area contributed by atoms with E-state index in [1.54, 1.807) is 4.90 Å². The van der Waals surface area contributed by atoms with E-state index in [9.17, 15) is 4.79 Å². The minimum atomic E-state index is -0.0248. The fourth-order valence-corrected chi connectivity index (χ4v) is 2.94. The van der Waals surface area contributed by atoms with Crippen molar-refractivity contribution in [2.75, 3.05) is 25.0 Å². The lowest BCUT2D eigenvalue weighted by molar-refractivity contribution is -0.119. The van der Waals surface area contributed by atoms with Gasteiger partial charge in [-0.05, 0) is 51.9 Å². The first kappa shape index (κ1) is 19.7. The molecule has 26 heavy (non-hydrogen) atoms. The van der Waals surface area contributed by atoms with Crippen molar-refractivity contribution >= 4 is 11.6 Å². The molecule has 0 radical (unpaired) electrons. The van der Waals surface area contributed by atoms with Gasteiger partial charge in [0.1, 0.15) is 5.76 Å². The van der Waals surface area contributed by atoms with Crippen molar-refractivity contribution in [1.29, 1.82) is 5.26 Å². The highest BCUT2D eigenvalue weighted by Crippen LogP contribution is 2.23. The predicted octanol–water partition coefficient (Wildman–Crippen LogP) is 3.29. The maximum atomic E-state index is 13.0. The maximum Gasteiger partial charge on any atom is 0.241 e. The molecule has 1 heterocycles. The molecule has 0 fully saturated rings. The average molecular weight is 354 g/mol. The van der Waals surface area contributed by atoms with Crippen LogP contribution < -0.4 is 4.90 Å². The second-order valence-electron chi connectivity index (χ2n) is 6.65. The van der Waals surface area contributed by atoms with E-state index in [0.29, 0.717) is 19.5 Å². The lowest BCUT2D eigenvalue weighted by Gasteiger charge is -2.27. The molecule has 1 aromatic heterocycles. The Labute approximate surface area is 155 Å². The van der Waals surface area contributed by atoms with Crippen LogP contribution in [0.2, 0.25) is 0 Å². The Morgan fingerprint density at radius 2 is 2.00 bits per heavy atom. The third-order valence-corrected chi connectivity index (χ3v) is 4.63. The molecule has 1 aromatic carbocycles. The molecule has 0 saturated carbocycles. The number of anilines is 1. The number of carbonyl (C=O) groups excluding carboxylic acids is 1.